The minimum Gasteiger partial charge on any atom is -0.377 e. The molecule has 2 rings (SSSR count). The molecule has 5 heteroatoms. The van der Waals surface area contributed by atoms with Gasteiger partial charge in [-0.05, 0) is 33.1 Å². The highest BCUT2D eigenvalue weighted by atomic mass is 32.2. The van der Waals surface area contributed by atoms with Crippen molar-refractivity contribution >= 4 is 17.6 Å². The van der Waals surface area contributed by atoms with Crippen LogP contribution in [0.5, 0.6) is 0 Å². The van der Waals surface area contributed by atoms with E-state index in [1.807, 2.05) is 11.8 Å². The normalized spacial score (nSPS) is 21.7. The van der Waals surface area contributed by atoms with Crippen LogP contribution in [0.15, 0.2) is 5.03 Å². The molecule has 1 N–H and O–H groups in total. The Hall–Kier alpha value is -0.810. The third-order valence-electron chi connectivity index (χ3n) is 3.73. The Morgan fingerprint density at radius 3 is 2.71 bits per heavy atom. The first kappa shape index (κ1) is 16.6. The molecule has 0 saturated carbocycles. The van der Waals surface area contributed by atoms with E-state index in [1.165, 1.54) is 5.56 Å². The van der Waals surface area contributed by atoms with Crippen LogP contribution in [-0.2, 0) is 11.2 Å². The predicted molar refractivity (Wildman–Crippen MR) is 89.2 cm³/mol. The molecule has 21 heavy (non-hydrogen) atoms. The first-order chi connectivity index (χ1) is 10.2. The Morgan fingerprint density at radius 1 is 1.29 bits per heavy atom. The van der Waals surface area contributed by atoms with Crippen molar-refractivity contribution in [1.29, 1.82) is 0 Å². The molecule has 2 unspecified atom stereocenters. The molecule has 2 atom stereocenters. The number of aromatic nitrogens is 2. The number of hydrogen-bond acceptors (Lipinski definition) is 5. The average Bonchev–Trinajstić information content (AvgIpc) is 2.86. The Morgan fingerprint density at radius 2 is 2.10 bits per heavy atom. The van der Waals surface area contributed by atoms with Crippen LogP contribution in [0.2, 0.25) is 0 Å². The van der Waals surface area contributed by atoms with Crippen LogP contribution in [0.25, 0.3) is 0 Å². The van der Waals surface area contributed by atoms with Gasteiger partial charge in [0.2, 0.25) is 0 Å². The molecule has 0 spiro atoms. The lowest BCUT2D eigenvalue weighted by Gasteiger charge is -2.17. The highest BCUT2D eigenvalue weighted by molar-refractivity contribution is 8.00. The van der Waals surface area contributed by atoms with Crippen LogP contribution in [0, 0.1) is 6.92 Å². The smallest absolute Gasteiger partial charge is 0.133 e. The van der Waals surface area contributed by atoms with Gasteiger partial charge in [0, 0.05) is 30.4 Å². The van der Waals surface area contributed by atoms with Crippen LogP contribution in [0.4, 0.5) is 5.82 Å². The van der Waals surface area contributed by atoms with Crippen molar-refractivity contribution < 1.29 is 4.74 Å². The second kappa shape index (κ2) is 7.99. The number of hydrogen-bond donors (Lipinski definition) is 1. The van der Waals surface area contributed by atoms with E-state index in [0.29, 0.717) is 11.4 Å². The first-order valence-corrected chi connectivity index (χ1v) is 8.93. The Kier molecular flexibility index (Phi) is 6.30. The SMILES string of the molecule is CCCNc1nc(CCC)nc(SC2CCOC2C)c1C. The average molecular weight is 309 g/mol. The van der Waals surface area contributed by atoms with E-state index in [0.717, 1.165) is 55.5 Å². The van der Waals surface area contributed by atoms with Crippen molar-refractivity contribution in [1.82, 2.24) is 9.97 Å². The van der Waals surface area contributed by atoms with E-state index in [9.17, 15) is 0 Å². The lowest BCUT2D eigenvalue weighted by Crippen LogP contribution is -2.15. The summed E-state index contributed by atoms with van der Waals surface area (Å²) in [5.41, 5.74) is 1.17. The van der Waals surface area contributed by atoms with Gasteiger partial charge in [-0.25, -0.2) is 9.97 Å². The Bertz CT molecular complexity index is 467. The molecule has 0 amide bonds. The van der Waals surface area contributed by atoms with E-state index in [2.05, 4.69) is 38.0 Å². The zero-order valence-electron chi connectivity index (χ0n) is 13.6. The second-order valence-corrected chi connectivity index (χ2v) is 6.84. The maximum Gasteiger partial charge on any atom is 0.133 e. The van der Waals surface area contributed by atoms with Gasteiger partial charge in [0.15, 0.2) is 0 Å². The van der Waals surface area contributed by atoms with E-state index in [1.54, 1.807) is 0 Å². The lowest BCUT2D eigenvalue weighted by molar-refractivity contribution is 0.127. The fraction of sp³-hybridized carbons (Fsp3) is 0.750. The molecule has 0 aromatic carbocycles. The number of nitrogens with one attached hydrogen (secondary N) is 1. The van der Waals surface area contributed by atoms with Crippen LogP contribution in [0.1, 0.15) is 51.4 Å². The van der Waals surface area contributed by atoms with E-state index in [4.69, 9.17) is 9.72 Å². The molecule has 1 aliphatic rings. The van der Waals surface area contributed by atoms with Crippen LogP contribution in [-0.4, -0.2) is 34.5 Å². The topological polar surface area (TPSA) is 47.0 Å². The summed E-state index contributed by atoms with van der Waals surface area (Å²) in [6.07, 6.45) is 4.53. The van der Waals surface area contributed by atoms with E-state index in [-0.39, 0.29) is 0 Å². The molecule has 1 saturated heterocycles. The maximum absolute atomic E-state index is 5.67. The first-order valence-electron chi connectivity index (χ1n) is 8.05. The van der Waals surface area contributed by atoms with Crippen LogP contribution in [0.3, 0.4) is 0 Å². The van der Waals surface area contributed by atoms with Gasteiger partial charge in [0.1, 0.15) is 16.7 Å². The van der Waals surface area contributed by atoms with Gasteiger partial charge in [-0.2, -0.15) is 0 Å². The quantitative estimate of drug-likeness (QED) is 0.776. The van der Waals surface area contributed by atoms with Gasteiger partial charge in [-0.1, -0.05) is 25.6 Å². The van der Waals surface area contributed by atoms with Crippen molar-refractivity contribution in [2.75, 3.05) is 18.5 Å². The van der Waals surface area contributed by atoms with Gasteiger partial charge in [-0.3, -0.25) is 0 Å². The number of anilines is 1. The predicted octanol–water partition coefficient (Wildman–Crippen LogP) is 3.83. The van der Waals surface area contributed by atoms with Gasteiger partial charge in [-0.15, -0.1) is 0 Å². The number of thioether (sulfide) groups is 1. The highest BCUT2D eigenvalue weighted by Crippen LogP contribution is 2.34. The Labute approximate surface area is 132 Å². The monoisotopic (exact) mass is 309 g/mol. The van der Waals surface area contributed by atoms with Gasteiger partial charge in [0.05, 0.1) is 6.10 Å². The summed E-state index contributed by atoms with van der Waals surface area (Å²) >= 11 is 1.86. The zero-order chi connectivity index (χ0) is 15.2. The van der Waals surface area contributed by atoms with Crippen molar-refractivity contribution in [3.8, 4) is 0 Å². The summed E-state index contributed by atoms with van der Waals surface area (Å²) in [7, 11) is 0. The summed E-state index contributed by atoms with van der Waals surface area (Å²) in [6.45, 7) is 10.4. The largest absolute Gasteiger partial charge is 0.377 e. The molecule has 118 valence electrons. The molecular weight excluding hydrogens is 282 g/mol. The molecule has 1 aliphatic heterocycles. The lowest BCUT2D eigenvalue weighted by atomic mass is 10.2. The van der Waals surface area contributed by atoms with Crippen molar-refractivity contribution in [2.24, 2.45) is 0 Å². The highest BCUT2D eigenvalue weighted by Gasteiger charge is 2.27. The van der Waals surface area contributed by atoms with Gasteiger partial charge in [0.25, 0.3) is 0 Å². The second-order valence-electron chi connectivity index (χ2n) is 5.62. The molecule has 1 fully saturated rings. The number of rotatable bonds is 7. The molecule has 4 nitrogen and oxygen atoms in total. The summed E-state index contributed by atoms with van der Waals surface area (Å²) in [5, 5.41) is 5.07. The Balaban J connectivity index is 2.22. The zero-order valence-corrected chi connectivity index (χ0v) is 14.4. The molecule has 0 radical (unpaired) electrons. The molecule has 0 bridgehead atoms. The van der Waals surface area contributed by atoms with Crippen molar-refractivity contribution in [3.05, 3.63) is 11.4 Å². The maximum atomic E-state index is 5.67. The number of ether oxygens (including phenoxy) is 1. The van der Waals surface area contributed by atoms with Crippen molar-refractivity contribution in [2.45, 2.75) is 69.8 Å². The van der Waals surface area contributed by atoms with E-state index < -0.39 is 0 Å². The molecule has 1 aromatic heterocycles. The third kappa shape index (κ3) is 4.33. The number of nitrogens with zero attached hydrogens (tertiary/aromatic N) is 2. The van der Waals surface area contributed by atoms with Crippen LogP contribution < -0.4 is 5.32 Å². The third-order valence-corrected chi connectivity index (χ3v) is 5.28. The summed E-state index contributed by atoms with van der Waals surface area (Å²) < 4.78 is 5.67. The molecule has 0 aliphatic carbocycles. The summed E-state index contributed by atoms with van der Waals surface area (Å²) in [5.74, 6) is 1.96. The van der Waals surface area contributed by atoms with Crippen molar-refractivity contribution in [3.63, 3.8) is 0 Å². The minimum absolute atomic E-state index is 0.311. The van der Waals surface area contributed by atoms with Crippen LogP contribution >= 0.6 is 11.8 Å². The summed E-state index contributed by atoms with van der Waals surface area (Å²) in [4.78, 5) is 9.47. The molecule has 1 aromatic rings. The molecule has 2 heterocycles. The minimum atomic E-state index is 0.311. The summed E-state index contributed by atoms with van der Waals surface area (Å²) in [6, 6.07) is 0. The fourth-order valence-electron chi connectivity index (χ4n) is 2.42. The van der Waals surface area contributed by atoms with Gasteiger partial charge >= 0.3 is 0 Å². The van der Waals surface area contributed by atoms with Gasteiger partial charge < -0.3 is 10.1 Å². The number of aryl methyl sites for hydroxylation is 1. The fourth-order valence-corrected chi connectivity index (χ4v) is 3.62. The molecular formula is C16H27N3OS. The van der Waals surface area contributed by atoms with E-state index >= 15 is 0 Å². The standard InChI is InChI=1S/C16H27N3OS/c1-5-7-14-18-15(17-9-6-2)11(3)16(19-14)21-13-8-10-20-12(13)4/h12-13H,5-10H2,1-4H3,(H,17,18,19).